The van der Waals surface area contributed by atoms with E-state index < -0.39 is 11.7 Å². The molecule has 0 spiro atoms. The maximum Gasteiger partial charge on any atom is 0.251 e. The number of phenols is 1. The Morgan fingerprint density at radius 1 is 1.54 bits per heavy atom. The highest BCUT2D eigenvalue weighted by Crippen LogP contribution is 2.14. The van der Waals surface area contributed by atoms with Gasteiger partial charge in [0, 0.05) is 18.2 Å². The zero-order chi connectivity index (χ0) is 9.84. The summed E-state index contributed by atoms with van der Waals surface area (Å²) in [6.07, 6.45) is 0. The fourth-order valence-electron chi connectivity index (χ4n) is 0.968. The Bertz CT molecular complexity index is 305. The first-order valence-electron chi connectivity index (χ1n) is 3.91. The van der Waals surface area contributed by atoms with E-state index in [1.165, 1.54) is 6.07 Å². The molecule has 0 heterocycles. The van der Waals surface area contributed by atoms with E-state index in [9.17, 15) is 9.18 Å². The normalized spacial score (nSPS) is 9.69. The van der Waals surface area contributed by atoms with E-state index >= 15 is 0 Å². The minimum absolute atomic E-state index is 0.124. The van der Waals surface area contributed by atoms with Crippen LogP contribution in [0, 0.1) is 5.82 Å². The van der Waals surface area contributed by atoms with Crippen LogP contribution in [0.2, 0.25) is 0 Å². The molecule has 4 heteroatoms. The van der Waals surface area contributed by atoms with E-state index in [1.807, 2.05) is 0 Å². The third-order valence-electron chi connectivity index (χ3n) is 1.48. The van der Waals surface area contributed by atoms with Gasteiger partial charge in [-0.25, -0.2) is 4.39 Å². The van der Waals surface area contributed by atoms with Crippen LogP contribution in [0.3, 0.4) is 0 Å². The van der Waals surface area contributed by atoms with Crippen LogP contribution in [-0.4, -0.2) is 17.6 Å². The summed E-state index contributed by atoms with van der Waals surface area (Å²) in [5.41, 5.74) is 0.124. The smallest absolute Gasteiger partial charge is 0.251 e. The molecule has 0 unspecified atom stereocenters. The predicted molar refractivity (Wildman–Crippen MR) is 46.1 cm³/mol. The van der Waals surface area contributed by atoms with Gasteiger partial charge in [-0.05, 0) is 19.1 Å². The van der Waals surface area contributed by atoms with Gasteiger partial charge in [0.1, 0.15) is 11.6 Å². The van der Waals surface area contributed by atoms with Crippen LogP contribution >= 0.6 is 0 Å². The molecule has 13 heavy (non-hydrogen) atoms. The van der Waals surface area contributed by atoms with E-state index in [0.717, 1.165) is 12.1 Å². The average Bonchev–Trinajstić information content (AvgIpc) is 2.03. The average molecular weight is 183 g/mol. The summed E-state index contributed by atoms with van der Waals surface area (Å²) < 4.78 is 12.7. The monoisotopic (exact) mass is 183 g/mol. The second-order valence-corrected chi connectivity index (χ2v) is 2.56. The molecule has 0 saturated carbocycles. The Balaban J connectivity index is 2.94. The Morgan fingerprint density at radius 3 is 2.77 bits per heavy atom. The SMILES string of the molecule is CCNC(=O)c1cc(O)cc(F)c1. The molecule has 0 aliphatic rings. The molecule has 1 aromatic carbocycles. The van der Waals surface area contributed by atoms with E-state index in [-0.39, 0.29) is 11.3 Å². The summed E-state index contributed by atoms with van der Waals surface area (Å²) in [5.74, 6) is -1.26. The number of carbonyl (C=O) groups is 1. The number of carbonyl (C=O) groups excluding carboxylic acids is 1. The van der Waals surface area contributed by atoms with Crippen molar-refractivity contribution in [2.75, 3.05) is 6.54 Å². The molecule has 2 N–H and O–H groups in total. The standard InChI is InChI=1S/C9H10FNO2/c1-2-11-9(13)6-3-7(10)5-8(12)4-6/h3-5,12H,2H2,1H3,(H,11,13). The van der Waals surface area contributed by atoms with Gasteiger partial charge in [0.15, 0.2) is 0 Å². The number of amides is 1. The van der Waals surface area contributed by atoms with Crippen LogP contribution in [0.25, 0.3) is 0 Å². The Morgan fingerprint density at radius 2 is 2.23 bits per heavy atom. The summed E-state index contributed by atoms with van der Waals surface area (Å²) in [4.78, 5) is 11.2. The van der Waals surface area contributed by atoms with Gasteiger partial charge in [-0.15, -0.1) is 0 Å². The lowest BCUT2D eigenvalue weighted by Crippen LogP contribution is -2.22. The van der Waals surface area contributed by atoms with Crippen LogP contribution in [0.4, 0.5) is 4.39 Å². The van der Waals surface area contributed by atoms with Gasteiger partial charge in [-0.2, -0.15) is 0 Å². The first-order chi connectivity index (χ1) is 6.13. The second-order valence-electron chi connectivity index (χ2n) is 2.56. The van der Waals surface area contributed by atoms with Crippen molar-refractivity contribution in [1.82, 2.24) is 5.32 Å². The van der Waals surface area contributed by atoms with Crippen molar-refractivity contribution in [1.29, 1.82) is 0 Å². The van der Waals surface area contributed by atoms with Crippen molar-refractivity contribution in [3.05, 3.63) is 29.6 Å². The fraction of sp³-hybridized carbons (Fsp3) is 0.222. The van der Waals surface area contributed by atoms with Crippen LogP contribution in [0.1, 0.15) is 17.3 Å². The van der Waals surface area contributed by atoms with Gasteiger partial charge < -0.3 is 10.4 Å². The molecule has 1 aromatic rings. The number of phenolic OH excluding ortho intramolecular Hbond substituents is 1. The highest BCUT2D eigenvalue weighted by molar-refractivity contribution is 5.94. The molecule has 0 aromatic heterocycles. The third kappa shape index (κ3) is 2.43. The van der Waals surface area contributed by atoms with E-state index in [4.69, 9.17) is 5.11 Å². The molecular formula is C9H10FNO2. The summed E-state index contributed by atoms with van der Waals surface area (Å²) in [6, 6.07) is 3.24. The first kappa shape index (κ1) is 9.51. The number of hydrogen-bond acceptors (Lipinski definition) is 2. The zero-order valence-corrected chi connectivity index (χ0v) is 7.17. The second kappa shape index (κ2) is 3.89. The predicted octanol–water partition coefficient (Wildman–Crippen LogP) is 1.28. The number of halogens is 1. The molecule has 0 fully saturated rings. The molecule has 0 aliphatic heterocycles. The lowest BCUT2D eigenvalue weighted by Gasteiger charge is -2.02. The number of hydrogen-bond donors (Lipinski definition) is 2. The van der Waals surface area contributed by atoms with Crippen molar-refractivity contribution >= 4 is 5.91 Å². The van der Waals surface area contributed by atoms with E-state index in [2.05, 4.69) is 5.32 Å². The third-order valence-corrected chi connectivity index (χ3v) is 1.48. The van der Waals surface area contributed by atoms with Crippen molar-refractivity contribution in [2.45, 2.75) is 6.92 Å². The molecule has 0 aliphatic carbocycles. The van der Waals surface area contributed by atoms with Crippen molar-refractivity contribution in [2.24, 2.45) is 0 Å². The minimum atomic E-state index is -0.624. The number of rotatable bonds is 2. The number of nitrogens with one attached hydrogen (secondary N) is 1. The summed E-state index contributed by atoms with van der Waals surface area (Å²) >= 11 is 0. The largest absolute Gasteiger partial charge is 0.508 e. The molecule has 0 atom stereocenters. The van der Waals surface area contributed by atoms with Crippen molar-refractivity contribution in [3.8, 4) is 5.75 Å². The first-order valence-corrected chi connectivity index (χ1v) is 3.91. The van der Waals surface area contributed by atoms with Crippen molar-refractivity contribution < 1.29 is 14.3 Å². The minimum Gasteiger partial charge on any atom is -0.508 e. The van der Waals surface area contributed by atoms with Crippen molar-refractivity contribution in [3.63, 3.8) is 0 Å². The van der Waals surface area contributed by atoms with Gasteiger partial charge in [0.2, 0.25) is 0 Å². The molecule has 0 radical (unpaired) electrons. The quantitative estimate of drug-likeness (QED) is 0.725. The fourth-order valence-corrected chi connectivity index (χ4v) is 0.968. The Labute approximate surface area is 75.2 Å². The molecule has 3 nitrogen and oxygen atoms in total. The molecule has 70 valence electrons. The summed E-state index contributed by atoms with van der Waals surface area (Å²) in [7, 11) is 0. The van der Waals surface area contributed by atoms with Crippen LogP contribution < -0.4 is 5.32 Å². The Kier molecular flexibility index (Phi) is 2.84. The number of benzene rings is 1. The van der Waals surface area contributed by atoms with Gasteiger partial charge >= 0.3 is 0 Å². The summed E-state index contributed by atoms with van der Waals surface area (Å²) in [5, 5.41) is 11.5. The maximum absolute atomic E-state index is 12.7. The van der Waals surface area contributed by atoms with Gasteiger partial charge in [-0.3, -0.25) is 4.79 Å². The lowest BCUT2D eigenvalue weighted by atomic mass is 10.2. The molecule has 1 amide bonds. The van der Waals surface area contributed by atoms with Gasteiger partial charge in [0.05, 0.1) is 0 Å². The molecule has 0 saturated heterocycles. The maximum atomic E-state index is 12.7. The zero-order valence-electron chi connectivity index (χ0n) is 7.17. The van der Waals surface area contributed by atoms with Crippen LogP contribution in [-0.2, 0) is 0 Å². The highest BCUT2D eigenvalue weighted by Gasteiger charge is 2.06. The number of aromatic hydroxyl groups is 1. The van der Waals surface area contributed by atoms with Crippen LogP contribution in [0.5, 0.6) is 5.75 Å². The molecule has 0 bridgehead atoms. The van der Waals surface area contributed by atoms with E-state index in [0.29, 0.717) is 6.54 Å². The van der Waals surface area contributed by atoms with Gasteiger partial charge in [0.25, 0.3) is 5.91 Å². The van der Waals surface area contributed by atoms with Crippen LogP contribution in [0.15, 0.2) is 18.2 Å². The molecular weight excluding hydrogens is 173 g/mol. The molecule has 1 rings (SSSR count). The Hall–Kier alpha value is -1.58. The van der Waals surface area contributed by atoms with Gasteiger partial charge in [-0.1, -0.05) is 0 Å². The topological polar surface area (TPSA) is 49.3 Å². The highest BCUT2D eigenvalue weighted by atomic mass is 19.1. The summed E-state index contributed by atoms with van der Waals surface area (Å²) in [6.45, 7) is 2.23. The van der Waals surface area contributed by atoms with E-state index in [1.54, 1.807) is 6.92 Å². The lowest BCUT2D eigenvalue weighted by molar-refractivity contribution is 0.0955.